The third-order valence-electron chi connectivity index (χ3n) is 8.24. The number of carbonyl (C=O) groups excluding carboxylic acids is 1. The number of nitrogens with one attached hydrogen (secondary N) is 2. The number of furan rings is 1. The van der Waals surface area contributed by atoms with E-state index in [1.54, 1.807) is 41.0 Å². The fraction of sp³-hybridized carbons (Fsp3) is 0.171. The highest BCUT2D eigenvalue weighted by molar-refractivity contribution is 7.92. The minimum Gasteiger partial charge on any atom is -0.487 e. The first-order chi connectivity index (χ1) is 22.5. The first-order valence-electron chi connectivity index (χ1n) is 14.8. The molecule has 12 heteroatoms. The molecule has 0 unspecified atom stereocenters. The van der Waals surface area contributed by atoms with Crippen LogP contribution < -0.4 is 14.8 Å². The van der Waals surface area contributed by atoms with Gasteiger partial charge in [0, 0.05) is 46.1 Å². The molecule has 0 bridgehead atoms. The fourth-order valence-corrected chi connectivity index (χ4v) is 6.60. The van der Waals surface area contributed by atoms with Crippen molar-refractivity contribution in [1.29, 1.82) is 0 Å². The third-order valence-corrected chi connectivity index (χ3v) is 9.53. The van der Waals surface area contributed by atoms with Crippen LogP contribution in [0.15, 0.2) is 89.3 Å². The summed E-state index contributed by atoms with van der Waals surface area (Å²) in [5.74, 6) is -3.86. The van der Waals surface area contributed by atoms with Gasteiger partial charge in [-0.15, -0.1) is 0 Å². The summed E-state index contributed by atoms with van der Waals surface area (Å²) in [5, 5.41) is 3.78. The number of rotatable bonds is 6. The number of aromatic nitrogens is 1. The van der Waals surface area contributed by atoms with Crippen LogP contribution in [0.4, 0.5) is 18.9 Å². The first-order valence-corrected chi connectivity index (χ1v) is 16.4. The Bertz CT molecular complexity index is 2310. The van der Waals surface area contributed by atoms with Crippen LogP contribution >= 0.6 is 0 Å². The van der Waals surface area contributed by atoms with Crippen LogP contribution in [0.5, 0.6) is 5.75 Å². The van der Waals surface area contributed by atoms with Gasteiger partial charge in [-0.3, -0.25) is 9.52 Å². The summed E-state index contributed by atoms with van der Waals surface area (Å²) in [6.07, 6.45) is 0. The van der Waals surface area contributed by atoms with Gasteiger partial charge in [0.1, 0.15) is 22.9 Å². The summed E-state index contributed by atoms with van der Waals surface area (Å²) in [4.78, 5) is 13.3. The Morgan fingerprint density at radius 3 is 2.45 bits per heavy atom. The Hall–Kier alpha value is -5.23. The molecule has 2 N–H and O–H groups in total. The highest BCUT2D eigenvalue weighted by atomic mass is 32.2. The molecule has 0 spiro atoms. The van der Waals surface area contributed by atoms with Crippen molar-refractivity contribution in [2.24, 2.45) is 0 Å². The van der Waals surface area contributed by atoms with E-state index < -0.39 is 40.8 Å². The maximum Gasteiger partial charge on any atom is 0.298 e. The lowest BCUT2D eigenvalue weighted by molar-refractivity contribution is -0.0545. The zero-order valence-corrected chi connectivity index (χ0v) is 26.1. The van der Waals surface area contributed by atoms with Crippen LogP contribution in [-0.2, 0) is 16.6 Å². The molecule has 8 nitrogen and oxygen atoms in total. The molecular weight excluding hydrogens is 631 g/mol. The largest absolute Gasteiger partial charge is 0.487 e. The van der Waals surface area contributed by atoms with Gasteiger partial charge in [-0.1, -0.05) is 24.3 Å². The first kappa shape index (κ1) is 30.4. The average molecular weight is 660 g/mol. The molecule has 3 heterocycles. The van der Waals surface area contributed by atoms with Crippen LogP contribution in [0.2, 0.25) is 0 Å². The summed E-state index contributed by atoms with van der Waals surface area (Å²) >= 11 is 0. The van der Waals surface area contributed by atoms with E-state index in [-0.39, 0.29) is 34.1 Å². The van der Waals surface area contributed by atoms with Gasteiger partial charge in [0.05, 0.1) is 29.2 Å². The number of halogens is 3. The number of hydrogen-bond donors (Lipinski definition) is 2. The molecule has 4 aromatic carbocycles. The van der Waals surface area contributed by atoms with Gasteiger partial charge >= 0.3 is 0 Å². The normalized spacial score (nSPS) is 14.1. The third kappa shape index (κ3) is 5.48. The zero-order chi connectivity index (χ0) is 33.1. The van der Waals surface area contributed by atoms with Crippen LogP contribution in [0.25, 0.3) is 55.6 Å². The van der Waals surface area contributed by atoms with E-state index in [0.717, 1.165) is 5.39 Å². The standard InChI is InChI=1S/C35H28F3N3O5S/c1-3-47(43,44)40-27-17-31-26(32(34(42)39-2)33(46-31)20-8-11-23(36)12-9-20)16-24(27)21-10-13-30-25(14-21)29-15-22-6-4-5-7-28(22)41(29)18-35(37,38)19-45-30/h4-17,40H,3,18-19H2,1-2H3,(H,39,42). The SMILES string of the molecule is CCS(=O)(=O)Nc1cc2oc(-c3ccc(F)cc3)c(C(=O)NC)c2cc1-c1ccc2c(c1)-c1cc3ccccc3n1CC(F)(F)CO2. The molecule has 1 aliphatic heterocycles. The quantitative estimate of drug-likeness (QED) is 0.191. The van der Waals surface area contributed by atoms with E-state index in [2.05, 4.69) is 10.0 Å². The van der Waals surface area contributed by atoms with Crippen LogP contribution in [0.1, 0.15) is 17.3 Å². The molecule has 0 radical (unpaired) electrons. The second kappa shape index (κ2) is 11.2. The number of alkyl halides is 2. The molecule has 0 fully saturated rings. The Kier molecular flexibility index (Phi) is 7.27. The number of para-hydroxylation sites is 1. The molecule has 2 aromatic heterocycles. The minimum absolute atomic E-state index is 0.178. The zero-order valence-electron chi connectivity index (χ0n) is 25.2. The predicted octanol–water partition coefficient (Wildman–Crippen LogP) is 7.68. The number of amides is 1. The molecule has 1 aliphatic rings. The van der Waals surface area contributed by atoms with Gasteiger partial charge in [0.2, 0.25) is 10.0 Å². The lowest BCUT2D eigenvalue weighted by atomic mass is 9.96. The summed E-state index contributed by atoms with van der Waals surface area (Å²) in [6, 6.07) is 22.7. The Labute approximate surface area is 267 Å². The topological polar surface area (TPSA) is 103 Å². The monoisotopic (exact) mass is 659 g/mol. The van der Waals surface area contributed by atoms with Gasteiger partial charge in [0.25, 0.3) is 11.8 Å². The van der Waals surface area contributed by atoms with Crippen molar-refractivity contribution < 1.29 is 35.5 Å². The van der Waals surface area contributed by atoms with Crippen molar-refractivity contribution in [1.82, 2.24) is 9.88 Å². The van der Waals surface area contributed by atoms with E-state index in [9.17, 15) is 26.4 Å². The summed E-state index contributed by atoms with van der Waals surface area (Å²) in [5.41, 5.74) is 3.64. The van der Waals surface area contributed by atoms with Crippen LogP contribution in [-0.4, -0.2) is 44.2 Å². The van der Waals surface area contributed by atoms with Gasteiger partial charge in [-0.25, -0.2) is 21.6 Å². The molecule has 7 rings (SSSR count). The summed E-state index contributed by atoms with van der Waals surface area (Å²) in [7, 11) is -2.31. The van der Waals surface area contributed by atoms with Gasteiger partial charge in [0.15, 0.2) is 6.61 Å². The molecule has 6 aromatic rings. The number of sulfonamides is 1. The van der Waals surface area contributed by atoms with Crippen molar-refractivity contribution in [2.75, 3.05) is 24.1 Å². The fourth-order valence-electron chi connectivity index (χ4n) is 5.95. The number of benzene rings is 4. The second-order valence-corrected chi connectivity index (χ2v) is 13.3. The molecule has 0 saturated carbocycles. The van der Waals surface area contributed by atoms with E-state index in [4.69, 9.17) is 9.15 Å². The number of hydrogen-bond acceptors (Lipinski definition) is 5. The number of anilines is 1. The Morgan fingerprint density at radius 1 is 0.957 bits per heavy atom. The van der Waals surface area contributed by atoms with Crippen molar-refractivity contribution in [3.05, 3.63) is 96.3 Å². The highest BCUT2D eigenvalue weighted by Gasteiger charge is 2.35. The van der Waals surface area contributed by atoms with Gasteiger partial charge in [-0.05, 0) is 67.1 Å². The molecule has 0 atom stereocenters. The number of ether oxygens (including phenoxy) is 1. The number of fused-ring (bicyclic) bond motifs is 6. The lowest BCUT2D eigenvalue weighted by Gasteiger charge is -2.25. The molecule has 1 amide bonds. The number of carbonyl (C=O) groups is 1. The second-order valence-electron chi connectivity index (χ2n) is 11.3. The van der Waals surface area contributed by atoms with Crippen molar-refractivity contribution >= 4 is 43.5 Å². The lowest BCUT2D eigenvalue weighted by Crippen LogP contribution is -2.32. The smallest absolute Gasteiger partial charge is 0.298 e. The molecule has 240 valence electrons. The minimum atomic E-state index is -3.78. The highest BCUT2D eigenvalue weighted by Crippen LogP contribution is 2.44. The van der Waals surface area contributed by atoms with Crippen molar-refractivity contribution in [2.45, 2.75) is 19.4 Å². The summed E-state index contributed by atoms with van der Waals surface area (Å²) < 4.78 is 85.4. The van der Waals surface area contributed by atoms with Gasteiger partial charge in [-0.2, -0.15) is 0 Å². The van der Waals surface area contributed by atoms with E-state index in [1.165, 1.54) is 44.3 Å². The molecule has 0 saturated heterocycles. The predicted molar refractivity (Wildman–Crippen MR) is 175 cm³/mol. The average Bonchev–Trinajstić information content (AvgIpc) is 3.60. The Morgan fingerprint density at radius 2 is 1.70 bits per heavy atom. The van der Waals surface area contributed by atoms with Crippen molar-refractivity contribution in [3.63, 3.8) is 0 Å². The maximum atomic E-state index is 15.0. The molecular formula is C35H28F3N3O5S. The van der Waals surface area contributed by atoms with Crippen LogP contribution in [0, 0.1) is 5.82 Å². The number of nitrogens with zero attached hydrogens (tertiary/aromatic N) is 1. The Balaban J connectivity index is 1.49. The van der Waals surface area contributed by atoms with Crippen molar-refractivity contribution in [3.8, 4) is 39.5 Å². The van der Waals surface area contributed by atoms with E-state index in [1.807, 2.05) is 18.2 Å². The van der Waals surface area contributed by atoms with Crippen LogP contribution in [0.3, 0.4) is 0 Å². The maximum absolute atomic E-state index is 15.0. The molecule has 0 aliphatic carbocycles. The van der Waals surface area contributed by atoms with Gasteiger partial charge < -0.3 is 19.0 Å². The summed E-state index contributed by atoms with van der Waals surface area (Å²) in [6.45, 7) is 0.0836. The van der Waals surface area contributed by atoms with E-state index in [0.29, 0.717) is 38.9 Å². The van der Waals surface area contributed by atoms with E-state index >= 15 is 0 Å². The molecule has 47 heavy (non-hydrogen) atoms.